The highest BCUT2D eigenvalue weighted by atomic mass is 19.1. The van der Waals surface area contributed by atoms with Gasteiger partial charge in [-0.1, -0.05) is 18.2 Å². The molecule has 1 amide bonds. The Balaban J connectivity index is 1.33. The monoisotopic (exact) mass is 391 g/mol. The SMILES string of the molecule is O=C(NCc1ccccc1F)c1cnc(Nc2ccc(N3CCCC3)cc2)cn1. The molecule has 0 aliphatic carbocycles. The van der Waals surface area contributed by atoms with Crippen molar-refractivity contribution in [2.75, 3.05) is 23.3 Å². The second kappa shape index (κ2) is 8.68. The number of benzene rings is 2. The molecule has 0 unspecified atom stereocenters. The van der Waals surface area contributed by atoms with E-state index in [0.717, 1.165) is 18.8 Å². The van der Waals surface area contributed by atoms with Gasteiger partial charge in [-0.15, -0.1) is 0 Å². The van der Waals surface area contributed by atoms with Gasteiger partial charge in [-0.25, -0.2) is 14.4 Å². The minimum Gasteiger partial charge on any atom is -0.372 e. The number of rotatable bonds is 6. The van der Waals surface area contributed by atoms with E-state index in [0.29, 0.717) is 11.4 Å². The predicted octanol–water partition coefficient (Wildman–Crippen LogP) is 3.89. The lowest BCUT2D eigenvalue weighted by Gasteiger charge is -2.17. The fourth-order valence-corrected chi connectivity index (χ4v) is 3.30. The molecular formula is C22H22FN5O. The zero-order valence-electron chi connectivity index (χ0n) is 15.9. The van der Waals surface area contributed by atoms with Crippen molar-refractivity contribution in [2.24, 2.45) is 0 Å². The van der Waals surface area contributed by atoms with Gasteiger partial charge in [0, 0.05) is 36.6 Å². The third kappa shape index (κ3) is 4.68. The van der Waals surface area contributed by atoms with Crippen LogP contribution in [0.3, 0.4) is 0 Å². The Morgan fingerprint density at radius 1 is 1.00 bits per heavy atom. The van der Waals surface area contributed by atoms with Gasteiger partial charge in [0.05, 0.1) is 12.4 Å². The maximum absolute atomic E-state index is 13.6. The van der Waals surface area contributed by atoms with Crippen molar-refractivity contribution in [2.45, 2.75) is 19.4 Å². The van der Waals surface area contributed by atoms with Gasteiger partial charge in [0.1, 0.15) is 17.3 Å². The van der Waals surface area contributed by atoms with Crippen LogP contribution in [-0.2, 0) is 6.54 Å². The summed E-state index contributed by atoms with van der Waals surface area (Å²) in [6, 6.07) is 14.5. The zero-order chi connectivity index (χ0) is 20.1. The van der Waals surface area contributed by atoms with Crippen LogP contribution in [0.1, 0.15) is 28.9 Å². The molecule has 2 heterocycles. The lowest BCUT2D eigenvalue weighted by molar-refractivity contribution is 0.0945. The first-order valence-corrected chi connectivity index (χ1v) is 9.65. The minimum atomic E-state index is -0.401. The Kier molecular flexibility index (Phi) is 5.65. The molecule has 0 bridgehead atoms. The molecule has 1 aliphatic rings. The zero-order valence-corrected chi connectivity index (χ0v) is 15.9. The van der Waals surface area contributed by atoms with Crippen molar-refractivity contribution in [1.82, 2.24) is 15.3 Å². The van der Waals surface area contributed by atoms with Gasteiger partial charge in [0.2, 0.25) is 0 Å². The number of halogens is 1. The number of amides is 1. The molecule has 0 radical (unpaired) electrons. The molecule has 7 heteroatoms. The lowest BCUT2D eigenvalue weighted by Crippen LogP contribution is -2.24. The number of aromatic nitrogens is 2. The van der Waals surface area contributed by atoms with E-state index in [-0.39, 0.29) is 18.1 Å². The maximum atomic E-state index is 13.6. The smallest absolute Gasteiger partial charge is 0.271 e. The largest absolute Gasteiger partial charge is 0.372 e. The van der Waals surface area contributed by atoms with E-state index in [1.165, 1.54) is 37.0 Å². The fraction of sp³-hybridized carbons (Fsp3) is 0.227. The molecule has 1 aromatic heterocycles. The van der Waals surface area contributed by atoms with Gasteiger partial charge in [-0.2, -0.15) is 0 Å². The van der Waals surface area contributed by atoms with E-state index in [2.05, 4.69) is 37.6 Å². The van der Waals surface area contributed by atoms with Gasteiger partial charge >= 0.3 is 0 Å². The average molecular weight is 391 g/mol. The Morgan fingerprint density at radius 3 is 2.45 bits per heavy atom. The van der Waals surface area contributed by atoms with E-state index >= 15 is 0 Å². The van der Waals surface area contributed by atoms with Crippen molar-refractivity contribution in [3.8, 4) is 0 Å². The van der Waals surface area contributed by atoms with E-state index in [9.17, 15) is 9.18 Å². The highest BCUT2D eigenvalue weighted by molar-refractivity contribution is 5.92. The van der Waals surface area contributed by atoms with Gasteiger partial charge in [0.25, 0.3) is 5.91 Å². The second-order valence-electron chi connectivity index (χ2n) is 6.93. The third-order valence-corrected chi connectivity index (χ3v) is 4.89. The molecule has 29 heavy (non-hydrogen) atoms. The first kappa shape index (κ1) is 18.9. The van der Waals surface area contributed by atoms with Crippen LogP contribution in [0.4, 0.5) is 21.6 Å². The van der Waals surface area contributed by atoms with Crippen molar-refractivity contribution in [3.05, 3.63) is 78.0 Å². The number of hydrogen-bond donors (Lipinski definition) is 2. The summed E-state index contributed by atoms with van der Waals surface area (Å²) < 4.78 is 13.6. The van der Waals surface area contributed by atoms with Crippen LogP contribution in [0.25, 0.3) is 0 Å². The minimum absolute atomic E-state index is 0.0938. The summed E-state index contributed by atoms with van der Waals surface area (Å²) >= 11 is 0. The Morgan fingerprint density at radius 2 is 1.76 bits per heavy atom. The number of carbonyl (C=O) groups excluding carboxylic acids is 1. The third-order valence-electron chi connectivity index (χ3n) is 4.89. The van der Waals surface area contributed by atoms with Crippen LogP contribution in [0.15, 0.2) is 60.9 Å². The summed E-state index contributed by atoms with van der Waals surface area (Å²) in [5.41, 5.74) is 2.72. The number of nitrogens with one attached hydrogen (secondary N) is 2. The molecule has 1 aliphatic heterocycles. The van der Waals surface area contributed by atoms with Gasteiger partial charge < -0.3 is 15.5 Å². The van der Waals surface area contributed by atoms with Crippen LogP contribution in [-0.4, -0.2) is 29.0 Å². The van der Waals surface area contributed by atoms with Crippen LogP contribution in [0.2, 0.25) is 0 Å². The summed E-state index contributed by atoms with van der Waals surface area (Å²) in [4.78, 5) is 23.0. The molecule has 148 valence electrons. The number of carbonyl (C=O) groups is 1. The fourth-order valence-electron chi connectivity index (χ4n) is 3.30. The Hall–Kier alpha value is -3.48. The molecule has 2 aromatic carbocycles. The van der Waals surface area contributed by atoms with Crippen LogP contribution < -0.4 is 15.5 Å². The topological polar surface area (TPSA) is 70.2 Å². The predicted molar refractivity (Wildman–Crippen MR) is 111 cm³/mol. The van der Waals surface area contributed by atoms with Crippen molar-refractivity contribution < 1.29 is 9.18 Å². The number of hydrogen-bond acceptors (Lipinski definition) is 5. The van der Waals surface area contributed by atoms with Crippen LogP contribution >= 0.6 is 0 Å². The summed E-state index contributed by atoms with van der Waals surface area (Å²) in [5.74, 6) is -0.207. The molecule has 0 atom stereocenters. The normalized spacial score (nSPS) is 13.3. The summed E-state index contributed by atoms with van der Waals surface area (Å²) in [7, 11) is 0. The quantitative estimate of drug-likeness (QED) is 0.667. The summed E-state index contributed by atoms with van der Waals surface area (Å²) in [6.07, 6.45) is 5.40. The molecule has 3 aromatic rings. The summed E-state index contributed by atoms with van der Waals surface area (Å²) in [5, 5.41) is 5.83. The van der Waals surface area contributed by atoms with Gasteiger partial charge in [0.15, 0.2) is 0 Å². The average Bonchev–Trinajstić information content (AvgIpc) is 3.29. The van der Waals surface area contributed by atoms with Crippen LogP contribution in [0.5, 0.6) is 0 Å². The lowest BCUT2D eigenvalue weighted by atomic mass is 10.2. The molecule has 0 saturated carbocycles. The number of anilines is 3. The molecular weight excluding hydrogens is 369 g/mol. The standard InChI is InChI=1S/C22H22FN5O/c23-19-6-2-1-5-16(19)13-26-22(29)20-14-25-21(15-24-20)27-17-7-9-18(10-8-17)28-11-3-4-12-28/h1-2,5-10,14-15H,3-4,11-13H2,(H,25,27)(H,26,29). The number of nitrogens with zero attached hydrogens (tertiary/aromatic N) is 3. The van der Waals surface area contributed by atoms with Crippen LogP contribution in [0, 0.1) is 5.82 Å². The molecule has 2 N–H and O–H groups in total. The van der Waals surface area contributed by atoms with Gasteiger partial charge in [-0.05, 0) is 43.2 Å². The highest BCUT2D eigenvalue weighted by Crippen LogP contribution is 2.23. The van der Waals surface area contributed by atoms with Gasteiger partial charge in [-0.3, -0.25) is 4.79 Å². The van der Waals surface area contributed by atoms with E-state index in [4.69, 9.17) is 0 Å². The molecule has 1 saturated heterocycles. The van der Waals surface area contributed by atoms with E-state index in [1.54, 1.807) is 18.2 Å². The highest BCUT2D eigenvalue weighted by Gasteiger charge is 2.12. The summed E-state index contributed by atoms with van der Waals surface area (Å²) in [6.45, 7) is 2.31. The first-order valence-electron chi connectivity index (χ1n) is 9.65. The van der Waals surface area contributed by atoms with Crippen molar-refractivity contribution in [3.63, 3.8) is 0 Å². The first-order chi connectivity index (χ1) is 14.2. The molecule has 4 rings (SSSR count). The molecule has 6 nitrogen and oxygen atoms in total. The Labute approximate surface area is 168 Å². The molecule has 0 spiro atoms. The van der Waals surface area contributed by atoms with E-state index in [1.807, 2.05) is 12.1 Å². The van der Waals surface area contributed by atoms with Crippen molar-refractivity contribution in [1.29, 1.82) is 0 Å². The van der Waals surface area contributed by atoms with Crippen molar-refractivity contribution >= 4 is 23.1 Å². The Bertz CT molecular complexity index is 969. The van der Waals surface area contributed by atoms with E-state index < -0.39 is 5.91 Å². The maximum Gasteiger partial charge on any atom is 0.271 e. The second-order valence-corrected chi connectivity index (χ2v) is 6.93. The molecule has 1 fully saturated rings.